The van der Waals surface area contributed by atoms with Crippen LogP contribution in [0.1, 0.15) is 23.3 Å². The molecular weight excluding hydrogens is 273 g/mol. The minimum absolute atomic E-state index is 0.0773. The topological polar surface area (TPSA) is 77.0 Å². The molecule has 110 valence electrons. The lowest BCUT2D eigenvalue weighted by atomic mass is 10.2. The van der Waals surface area contributed by atoms with Crippen LogP contribution in [-0.4, -0.2) is 44.9 Å². The van der Waals surface area contributed by atoms with E-state index in [9.17, 15) is 9.18 Å². The van der Waals surface area contributed by atoms with Crippen molar-refractivity contribution in [3.8, 4) is 5.69 Å². The van der Waals surface area contributed by atoms with Gasteiger partial charge in [-0.3, -0.25) is 4.79 Å². The fourth-order valence-corrected chi connectivity index (χ4v) is 2.58. The van der Waals surface area contributed by atoms with Gasteiger partial charge < -0.3 is 10.6 Å². The Morgan fingerprint density at radius 1 is 1.38 bits per heavy atom. The maximum Gasteiger partial charge on any atom is 0.276 e. The zero-order valence-electron chi connectivity index (χ0n) is 11.4. The largest absolute Gasteiger partial charge is 0.333 e. The van der Waals surface area contributed by atoms with E-state index in [0.29, 0.717) is 18.8 Å². The molecule has 1 aliphatic rings. The van der Waals surface area contributed by atoms with E-state index in [0.717, 1.165) is 12.8 Å². The molecule has 21 heavy (non-hydrogen) atoms. The average molecular weight is 289 g/mol. The fraction of sp³-hybridized carbons (Fsp3) is 0.357. The number of amides is 1. The molecule has 1 fully saturated rings. The SMILES string of the molecule is NC[C@H]1CCCN1C(=O)c1cn(-c2ccc(F)cc2)nn1. The Bertz CT molecular complexity index is 639. The van der Waals surface area contributed by atoms with Crippen molar-refractivity contribution >= 4 is 5.91 Å². The summed E-state index contributed by atoms with van der Waals surface area (Å²) >= 11 is 0. The van der Waals surface area contributed by atoms with Gasteiger partial charge in [-0.1, -0.05) is 5.21 Å². The van der Waals surface area contributed by atoms with Crippen molar-refractivity contribution in [3.05, 3.63) is 42.0 Å². The summed E-state index contributed by atoms with van der Waals surface area (Å²) in [6, 6.07) is 5.91. The number of hydrogen-bond donors (Lipinski definition) is 1. The number of aromatic nitrogens is 3. The number of rotatable bonds is 3. The first-order valence-corrected chi connectivity index (χ1v) is 6.88. The zero-order chi connectivity index (χ0) is 14.8. The van der Waals surface area contributed by atoms with E-state index in [1.54, 1.807) is 23.2 Å². The van der Waals surface area contributed by atoms with Crippen LogP contribution in [0.3, 0.4) is 0 Å². The molecular formula is C14H16FN5O. The Hall–Kier alpha value is -2.28. The second kappa shape index (κ2) is 5.61. The lowest BCUT2D eigenvalue weighted by Crippen LogP contribution is -2.40. The highest BCUT2D eigenvalue weighted by Gasteiger charge is 2.29. The molecule has 1 aromatic carbocycles. The highest BCUT2D eigenvalue weighted by atomic mass is 19.1. The first-order chi connectivity index (χ1) is 10.2. The Labute approximate surface area is 121 Å². The van der Waals surface area contributed by atoms with Crippen molar-refractivity contribution in [2.45, 2.75) is 18.9 Å². The minimum atomic E-state index is -0.321. The van der Waals surface area contributed by atoms with Gasteiger partial charge in [-0.05, 0) is 37.1 Å². The molecule has 3 rings (SSSR count). The Morgan fingerprint density at radius 3 is 2.86 bits per heavy atom. The van der Waals surface area contributed by atoms with Crippen molar-refractivity contribution in [3.63, 3.8) is 0 Å². The average Bonchev–Trinajstić information content (AvgIpc) is 3.16. The number of nitrogens with zero attached hydrogens (tertiary/aromatic N) is 4. The van der Waals surface area contributed by atoms with E-state index in [2.05, 4.69) is 10.3 Å². The fourth-order valence-electron chi connectivity index (χ4n) is 2.58. The van der Waals surface area contributed by atoms with Crippen molar-refractivity contribution in [2.24, 2.45) is 5.73 Å². The molecule has 1 aliphatic heterocycles. The molecule has 1 amide bonds. The Balaban J connectivity index is 1.81. The maximum atomic E-state index is 12.9. The Kier molecular flexibility index (Phi) is 3.66. The molecule has 1 aromatic heterocycles. The second-order valence-corrected chi connectivity index (χ2v) is 5.06. The normalized spacial score (nSPS) is 18.2. The van der Waals surface area contributed by atoms with Crippen LogP contribution in [0.5, 0.6) is 0 Å². The third-order valence-corrected chi connectivity index (χ3v) is 3.71. The lowest BCUT2D eigenvalue weighted by molar-refractivity contribution is 0.0735. The van der Waals surface area contributed by atoms with Crippen LogP contribution in [0.15, 0.2) is 30.5 Å². The van der Waals surface area contributed by atoms with E-state index in [4.69, 9.17) is 5.73 Å². The van der Waals surface area contributed by atoms with Gasteiger partial charge in [-0.25, -0.2) is 9.07 Å². The van der Waals surface area contributed by atoms with Crippen LogP contribution >= 0.6 is 0 Å². The molecule has 7 heteroatoms. The molecule has 1 saturated heterocycles. The number of benzene rings is 1. The standard InChI is InChI=1S/C14H16FN5O/c15-10-3-5-11(6-4-10)20-9-13(17-18-20)14(21)19-7-1-2-12(19)8-16/h3-6,9,12H,1-2,7-8,16H2/t12-/m1/s1. The second-order valence-electron chi connectivity index (χ2n) is 5.06. The molecule has 6 nitrogen and oxygen atoms in total. The molecule has 1 atom stereocenters. The lowest BCUT2D eigenvalue weighted by Gasteiger charge is -2.22. The number of carbonyl (C=O) groups is 1. The van der Waals surface area contributed by atoms with Gasteiger partial charge in [0.1, 0.15) is 5.82 Å². The highest BCUT2D eigenvalue weighted by molar-refractivity contribution is 5.92. The van der Waals surface area contributed by atoms with Crippen molar-refractivity contribution < 1.29 is 9.18 Å². The summed E-state index contributed by atoms with van der Waals surface area (Å²) in [6.45, 7) is 1.15. The monoisotopic (exact) mass is 289 g/mol. The first-order valence-electron chi connectivity index (χ1n) is 6.88. The smallest absolute Gasteiger partial charge is 0.276 e. The van der Waals surface area contributed by atoms with Crippen LogP contribution in [0.2, 0.25) is 0 Å². The summed E-state index contributed by atoms with van der Waals surface area (Å²) in [4.78, 5) is 14.2. The zero-order valence-corrected chi connectivity index (χ0v) is 11.4. The molecule has 0 spiro atoms. The third kappa shape index (κ3) is 2.64. The summed E-state index contributed by atoms with van der Waals surface area (Å²) < 4.78 is 14.4. The number of halogens is 1. The van der Waals surface area contributed by atoms with Gasteiger partial charge in [0.2, 0.25) is 0 Å². The van der Waals surface area contributed by atoms with Gasteiger partial charge in [0.15, 0.2) is 5.69 Å². The summed E-state index contributed by atoms with van der Waals surface area (Å²) in [5, 5.41) is 7.84. The summed E-state index contributed by atoms with van der Waals surface area (Å²) in [5.41, 5.74) is 6.61. The van der Waals surface area contributed by atoms with E-state index >= 15 is 0 Å². The summed E-state index contributed by atoms with van der Waals surface area (Å²) in [7, 11) is 0. The van der Waals surface area contributed by atoms with Gasteiger partial charge in [-0.2, -0.15) is 0 Å². The number of hydrogen-bond acceptors (Lipinski definition) is 4. The molecule has 0 aliphatic carbocycles. The van der Waals surface area contributed by atoms with Crippen molar-refractivity contribution in [1.29, 1.82) is 0 Å². The molecule has 2 aromatic rings. The van der Waals surface area contributed by atoms with Gasteiger partial charge >= 0.3 is 0 Å². The first kappa shape index (κ1) is 13.7. The summed E-state index contributed by atoms with van der Waals surface area (Å²) in [5.74, 6) is -0.477. The minimum Gasteiger partial charge on any atom is -0.333 e. The summed E-state index contributed by atoms with van der Waals surface area (Å²) in [6.07, 6.45) is 3.44. The van der Waals surface area contributed by atoms with Crippen LogP contribution in [-0.2, 0) is 0 Å². The van der Waals surface area contributed by atoms with Crippen LogP contribution in [0, 0.1) is 5.82 Å². The maximum absolute atomic E-state index is 12.9. The number of carbonyl (C=O) groups excluding carboxylic acids is 1. The molecule has 0 bridgehead atoms. The van der Waals surface area contributed by atoms with Crippen molar-refractivity contribution in [2.75, 3.05) is 13.1 Å². The quantitative estimate of drug-likeness (QED) is 0.913. The van der Waals surface area contributed by atoms with Gasteiger partial charge in [0, 0.05) is 19.1 Å². The molecule has 0 saturated carbocycles. The Morgan fingerprint density at radius 2 is 2.14 bits per heavy atom. The van der Waals surface area contributed by atoms with Crippen LogP contribution in [0.25, 0.3) is 5.69 Å². The van der Waals surface area contributed by atoms with E-state index < -0.39 is 0 Å². The molecule has 0 radical (unpaired) electrons. The predicted molar refractivity (Wildman–Crippen MR) is 74.4 cm³/mol. The van der Waals surface area contributed by atoms with E-state index in [-0.39, 0.29) is 23.5 Å². The van der Waals surface area contributed by atoms with Crippen molar-refractivity contribution in [1.82, 2.24) is 19.9 Å². The number of nitrogens with two attached hydrogens (primary N) is 1. The third-order valence-electron chi connectivity index (χ3n) is 3.71. The van der Waals surface area contributed by atoms with Crippen LogP contribution < -0.4 is 5.73 Å². The van der Waals surface area contributed by atoms with Gasteiger partial charge in [-0.15, -0.1) is 5.10 Å². The molecule has 0 unspecified atom stereocenters. The molecule has 2 heterocycles. The van der Waals surface area contributed by atoms with E-state index in [1.807, 2.05) is 0 Å². The predicted octanol–water partition coefficient (Wildman–Crippen LogP) is 0.970. The number of likely N-dealkylation sites (tertiary alicyclic amines) is 1. The van der Waals surface area contributed by atoms with Gasteiger partial charge in [0.25, 0.3) is 5.91 Å². The highest BCUT2D eigenvalue weighted by Crippen LogP contribution is 2.19. The molecule has 2 N–H and O–H groups in total. The van der Waals surface area contributed by atoms with Gasteiger partial charge in [0.05, 0.1) is 11.9 Å². The van der Waals surface area contributed by atoms with Crippen LogP contribution in [0.4, 0.5) is 4.39 Å². The van der Waals surface area contributed by atoms with E-state index in [1.165, 1.54) is 16.8 Å².